The summed E-state index contributed by atoms with van der Waals surface area (Å²) < 4.78 is 4.97. The van der Waals surface area contributed by atoms with E-state index in [1.165, 1.54) is 19.8 Å². The second-order valence-corrected chi connectivity index (χ2v) is 9.76. The molecule has 0 fully saturated rings. The molecule has 2 heteroatoms. The van der Waals surface area contributed by atoms with E-state index in [1.807, 2.05) is 0 Å². The number of rotatable bonds is 2. The number of hydrogen-bond acceptors (Lipinski definition) is 1. The van der Waals surface area contributed by atoms with Crippen molar-refractivity contribution in [2.75, 3.05) is 7.05 Å². The Morgan fingerprint density at radius 2 is 1.67 bits per heavy atom. The van der Waals surface area contributed by atoms with Gasteiger partial charge in [-0.25, -0.2) is 0 Å². The maximum atomic E-state index is 3.44. The van der Waals surface area contributed by atoms with Crippen LogP contribution in [0, 0.1) is 6.92 Å². The molecule has 1 nitrogen and oxygen atoms in total. The summed E-state index contributed by atoms with van der Waals surface area (Å²) in [7, 11) is 2.07. The van der Waals surface area contributed by atoms with Crippen molar-refractivity contribution in [3.63, 3.8) is 0 Å². The van der Waals surface area contributed by atoms with Gasteiger partial charge >= 0.3 is 99.0 Å². The summed E-state index contributed by atoms with van der Waals surface area (Å²) in [5, 5.41) is 2.72. The van der Waals surface area contributed by atoms with Crippen molar-refractivity contribution in [3.8, 4) is 0 Å². The molecule has 2 aromatic carbocycles. The Labute approximate surface area is 98.8 Å². The second kappa shape index (κ2) is 4.55. The van der Waals surface area contributed by atoms with Crippen molar-refractivity contribution >= 4 is 34.8 Å². The van der Waals surface area contributed by atoms with Crippen LogP contribution in [0.5, 0.6) is 0 Å². The van der Waals surface area contributed by atoms with Crippen molar-refractivity contribution in [1.29, 1.82) is 0 Å². The van der Waals surface area contributed by atoms with Crippen LogP contribution < -0.4 is 6.99 Å². The number of aryl methyl sites for hydroxylation is 1. The number of hydrogen-bond donors (Lipinski definition) is 1. The van der Waals surface area contributed by atoms with E-state index in [1.54, 1.807) is 0 Å². The van der Waals surface area contributed by atoms with Gasteiger partial charge in [-0.05, 0) is 0 Å². The topological polar surface area (TPSA) is 12.0 Å². The predicted octanol–water partition coefficient (Wildman–Crippen LogP) is 2.20. The molecular formula is C13H16NSb. The molecule has 0 amide bonds. The van der Waals surface area contributed by atoms with Gasteiger partial charge in [0.25, 0.3) is 0 Å². The Bertz CT molecular complexity index is 479. The van der Waals surface area contributed by atoms with E-state index in [2.05, 4.69) is 58.7 Å². The van der Waals surface area contributed by atoms with E-state index >= 15 is 0 Å². The van der Waals surface area contributed by atoms with Crippen molar-refractivity contribution < 1.29 is 0 Å². The molecule has 1 N–H and O–H groups in total. The fourth-order valence-corrected chi connectivity index (χ4v) is 4.23. The van der Waals surface area contributed by atoms with Crippen LogP contribution in [-0.2, 0) is 0 Å². The molecule has 0 bridgehead atoms. The third kappa shape index (κ3) is 2.35. The Hall–Kier alpha value is -0.522. The molecule has 0 aliphatic carbocycles. The summed E-state index contributed by atoms with van der Waals surface area (Å²) in [6, 6.07) is 13.5. The van der Waals surface area contributed by atoms with E-state index in [9.17, 15) is 0 Å². The summed E-state index contributed by atoms with van der Waals surface area (Å²) in [4.78, 5) is 2.36. The van der Waals surface area contributed by atoms with Gasteiger partial charge in [-0.15, -0.1) is 0 Å². The van der Waals surface area contributed by atoms with E-state index in [-0.39, 0.29) is 0 Å². The SMILES string of the molecule is C[NH][Sb]([CH3])[c]1ccc2cc(C)ccc2c1. The minimum atomic E-state index is -1.33. The fraction of sp³-hybridized carbons (Fsp3) is 0.231. The summed E-state index contributed by atoms with van der Waals surface area (Å²) in [5.41, 5.74) is 1.33. The molecule has 0 aliphatic heterocycles. The van der Waals surface area contributed by atoms with Crippen LogP contribution in [0.4, 0.5) is 0 Å². The van der Waals surface area contributed by atoms with Gasteiger partial charge < -0.3 is 0 Å². The molecule has 0 aliphatic rings. The van der Waals surface area contributed by atoms with Gasteiger partial charge in [-0.3, -0.25) is 0 Å². The minimum absolute atomic E-state index is 1.33. The quantitative estimate of drug-likeness (QED) is 0.839. The Morgan fingerprint density at radius 1 is 1.00 bits per heavy atom. The van der Waals surface area contributed by atoms with Gasteiger partial charge in [0.2, 0.25) is 0 Å². The van der Waals surface area contributed by atoms with Crippen LogP contribution in [0.25, 0.3) is 10.8 Å². The van der Waals surface area contributed by atoms with Gasteiger partial charge in [-0.1, -0.05) is 0 Å². The van der Waals surface area contributed by atoms with Crippen LogP contribution in [0.1, 0.15) is 5.56 Å². The molecule has 0 aromatic heterocycles. The zero-order valence-electron chi connectivity index (χ0n) is 9.41. The first-order valence-corrected chi connectivity index (χ1v) is 10.2. The third-order valence-electron chi connectivity index (χ3n) is 2.70. The molecule has 15 heavy (non-hydrogen) atoms. The second-order valence-electron chi connectivity index (χ2n) is 3.82. The molecule has 0 unspecified atom stereocenters. The molecule has 0 heterocycles. The van der Waals surface area contributed by atoms with E-state index in [4.69, 9.17) is 0 Å². The molecule has 0 spiro atoms. The zero-order chi connectivity index (χ0) is 10.8. The van der Waals surface area contributed by atoms with Crippen molar-refractivity contribution in [3.05, 3.63) is 42.0 Å². The van der Waals surface area contributed by atoms with Crippen LogP contribution in [0.3, 0.4) is 0 Å². The normalized spacial score (nSPS) is 11.2. The molecule has 0 atom stereocenters. The summed E-state index contributed by atoms with van der Waals surface area (Å²) in [6.45, 7) is 2.14. The maximum absolute atomic E-state index is 3.44. The van der Waals surface area contributed by atoms with E-state index in [0.717, 1.165) is 0 Å². The summed E-state index contributed by atoms with van der Waals surface area (Å²) in [6.07, 6.45) is 0. The van der Waals surface area contributed by atoms with Gasteiger partial charge in [0.05, 0.1) is 0 Å². The van der Waals surface area contributed by atoms with Crippen molar-refractivity contribution in [1.82, 2.24) is 3.48 Å². The molecule has 0 saturated heterocycles. The Balaban J connectivity index is 2.52. The van der Waals surface area contributed by atoms with Crippen LogP contribution in [0.15, 0.2) is 36.4 Å². The van der Waals surface area contributed by atoms with Crippen LogP contribution in [-0.4, -0.2) is 27.5 Å². The Morgan fingerprint density at radius 3 is 2.40 bits per heavy atom. The summed E-state index contributed by atoms with van der Waals surface area (Å²) in [5.74, 6) is 0. The van der Waals surface area contributed by atoms with Gasteiger partial charge in [0.15, 0.2) is 0 Å². The molecule has 0 radical (unpaired) electrons. The zero-order valence-corrected chi connectivity index (χ0v) is 12.0. The average Bonchev–Trinajstić information content (AvgIpc) is 2.27. The van der Waals surface area contributed by atoms with Crippen LogP contribution in [0.2, 0.25) is 4.87 Å². The van der Waals surface area contributed by atoms with Crippen molar-refractivity contribution in [2.45, 2.75) is 11.8 Å². The standard InChI is InChI=1S/C11H9.CH4N.CH3.Sb/c1-9-6-7-10-4-2-3-5-11(10)8-9;1-2;;/h3-8H,1H3;2H,1H3;1H3;/q;-1;;+1. The third-order valence-corrected chi connectivity index (χ3v) is 7.62. The van der Waals surface area contributed by atoms with E-state index in [0.29, 0.717) is 0 Å². The molecular weight excluding hydrogens is 292 g/mol. The monoisotopic (exact) mass is 307 g/mol. The Kier molecular flexibility index (Phi) is 3.33. The van der Waals surface area contributed by atoms with Gasteiger partial charge in [0, 0.05) is 0 Å². The van der Waals surface area contributed by atoms with Crippen LogP contribution >= 0.6 is 0 Å². The summed E-state index contributed by atoms with van der Waals surface area (Å²) >= 11 is -1.33. The average molecular weight is 308 g/mol. The van der Waals surface area contributed by atoms with Crippen molar-refractivity contribution in [2.24, 2.45) is 0 Å². The molecule has 78 valence electrons. The molecule has 2 aromatic rings. The fourth-order valence-electron chi connectivity index (χ4n) is 1.69. The predicted molar refractivity (Wildman–Crippen MR) is 69.0 cm³/mol. The van der Waals surface area contributed by atoms with E-state index < -0.39 is 20.5 Å². The molecule has 0 saturated carbocycles. The molecule has 2 rings (SSSR count). The number of benzene rings is 2. The number of nitrogens with one attached hydrogen (secondary N) is 1. The first-order valence-electron chi connectivity index (χ1n) is 5.12. The first-order chi connectivity index (χ1) is 7.20. The van der Waals surface area contributed by atoms with Gasteiger partial charge in [-0.2, -0.15) is 0 Å². The first kappa shape index (κ1) is 11.0. The van der Waals surface area contributed by atoms with Gasteiger partial charge in [0.1, 0.15) is 0 Å². The number of fused-ring (bicyclic) bond motifs is 1.